The minimum Gasteiger partial charge on any atom is -0.390 e. The van der Waals surface area contributed by atoms with Gasteiger partial charge in [-0.05, 0) is 20.8 Å². The number of carbonyl (C=O) groups excluding carboxylic acids is 1. The quantitative estimate of drug-likeness (QED) is 0.664. The molecule has 0 radical (unpaired) electrons. The topological polar surface area (TPSA) is 75.3 Å². The standard InChI is InChI=1S/C12H26N2O2/c1-11(2,3)10(16)9(8(15)7-13)14-12(4,5)6/h8-9,14-15H,7,13H2,1-6H3. The highest BCUT2D eigenvalue weighted by molar-refractivity contribution is 5.89. The van der Waals surface area contributed by atoms with Crippen molar-refractivity contribution in [1.82, 2.24) is 5.32 Å². The molecule has 2 unspecified atom stereocenters. The number of aliphatic hydroxyl groups excluding tert-OH is 1. The van der Waals surface area contributed by atoms with Gasteiger partial charge in [-0.25, -0.2) is 0 Å². The summed E-state index contributed by atoms with van der Waals surface area (Å²) in [5, 5.41) is 12.9. The molecule has 0 amide bonds. The molecular formula is C12H26N2O2. The lowest BCUT2D eigenvalue weighted by atomic mass is 9.83. The molecule has 0 bridgehead atoms. The zero-order valence-electron chi connectivity index (χ0n) is 11.3. The molecule has 0 rings (SSSR count). The van der Waals surface area contributed by atoms with Crippen molar-refractivity contribution in [1.29, 1.82) is 0 Å². The average Bonchev–Trinajstić information content (AvgIpc) is 2.09. The van der Waals surface area contributed by atoms with E-state index in [2.05, 4.69) is 5.32 Å². The second kappa shape index (κ2) is 5.25. The van der Waals surface area contributed by atoms with Crippen LogP contribution in [0, 0.1) is 5.41 Å². The minimum atomic E-state index is -0.842. The van der Waals surface area contributed by atoms with Crippen molar-refractivity contribution in [3.63, 3.8) is 0 Å². The summed E-state index contributed by atoms with van der Waals surface area (Å²) in [4.78, 5) is 12.2. The SMILES string of the molecule is CC(C)(C)NC(C(=O)C(C)(C)C)C(O)CN. The van der Waals surface area contributed by atoms with Crippen molar-refractivity contribution >= 4 is 5.78 Å². The Bertz CT molecular complexity index is 238. The van der Waals surface area contributed by atoms with E-state index in [1.165, 1.54) is 0 Å². The Morgan fingerprint density at radius 2 is 1.69 bits per heavy atom. The van der Waals surface area contributed by atoms with Gasteiger partial charge < -0.3 is 16.2 Å². The summed E-state index contributed by atoms with van der Waals surface area (Å²) in [6.07, 6.45) is -0.842. The third-order valence-corrected chi connectivity index (χ3v) is 2.24. The van der Waals surface area contributed by atoms with Crippen LogP contribution < -0.4 is 11.1 Å². The molecule has 0 saturated carbocycles. The highest BCUT2D eigenvalue weighted by Gasteiger charge is 2.35. The van der Waals surface area contributed by atoms with E-state index in [1.807, 2.05) is 41.5 Å². The van der Waals surface area contributed by atoms with Gasteiger partial charge in [-0.2, -0.15) is 0 Å². The predicted molar refractivity (Wildman–Crippen MR) is 66.2 cm³/mol. The largest absolute Gasteiger partial charge is 0.390 e. The maximum atomic E-state index is 12.2. The van der Waals surface area contributed by atoms with Gasteiger partial charge in [0.1, 0.15) is 0 Å². The molecule has 0 saturated heterocycles. The Balaban J connectivity index is 4.89. The van der Waals surface area contributed by atoms with Gasteiger partial charge in [0.25, 0.3) is 0 Å². The third kappa shape index (κ3) is 5.05. The van der Waals surface area contributed by atoms with Crippen molar-refractivity contribution in [3.05, 3.63) is 0 Å². The van der Waals surface area contributed by atoms with E-state index in [0.717, 1.165) is 0 Å². The maximum Gasteiger partial charge on any atom is 0.157 e. The fourth-order valence-electron chi connectivity index (χ4n) is 1.41. The second-order valence-electron chi connectivity index (χ2n) is 6.29. The average molecular weight is 230 g/mol. The second-order valence-corrected chi connectivity index (χ2v) is 6.29. The first-order valence-corrected chi connectivity index (χ1v) is 5.69. The molecule has 4 nitrogen and oxygen atoms in total. The van der Waals surface area contributed by atoms with Gasteiger partial charge in [0.2, 0.25) is 0 Å². The summed E-state index contributed by atoms with van der Waals surface area (Å²) in [6, 6.07) is -0.606. The number of hydrogen-bond donors (Lipinski definition) is 3. The Morgan fingerprint density at radius 3 is 1.94 bits per heavy atom. The molecule has 0 aromatic carbocycles. The van der Waals surface area contributed by atoms with Crippen LogP contribution >= 0.6 is 0 Å². The van der Waals surface area contributed by atoms with Crippen molar-refractivity contribution in [2.24, 2.45) is 11.1 Å². The van der Waals surface area contributed by atoms with E-state index in [9.17, 15) is 9.90 Å². The molecule has 0 heterocycles. The van der Waals surface area contributed by atoms with Crippen LogP contribution in [0.1, 0.15) is 41.5 Å². The fraction of sp³-hybridized carbons (Fsp3) is 0.917. The van der Waals surface area contributed by atoms with Crippen LogP contribution in [0.15, 0.2) is 0 Å². The molecule has 0 aromatic rings. The fourth-order valence-corrected chi connectivity index (χ4v) is 1.41. The number of hydrogen-bond acceptors (Lipinski definition) is 4. The molecule has 0 spiro atoms. The Labute approximate surface area is 98.6 Å². The first-order valence-electron chi connectivity index (χ1n) is 5.69. The van der Waals surface area contributed by atoms with Crippen molar-refractivity contribution in [2.75, 3.05) is 6.54 Å². The van der Waals surface area contributed by atoms with E-state index >= 15 is 0 Å². The summed E-state index contributed by atoms with van der Waals surface area (Å²) < 4.78 is 0. The Morgan fingerprint density at radius 1 is 1.25 bits per heavy atom. The van der Waals surface area contributed by atoms with E-state index < -0.39 is 17.6 Å². The highest BCUT2D eigenvalue weighted by atomic mass is 16.3. The van der Waals surface area contributed by atoms with Gasteiger partial charge >= 0.3 is 0 Å². The number of aliphatic hydroxyl groups is 1. The summed E-state index contributed by atoms with van der Waals surface area (Å²) in [6.45, 7) is 11.5. The third-order valence-electron chi connectivity index (χ3n) is 2.24. The molecule has 2 atom stereocenters. The molecule has 16 heavy (non-hydrogen) atoms. The Kier molecular flexibility index (Phi) is 5.11. The van der Waals surface area contributed by atoms with Crippen molar-refractivity contribution < 1.29 is 9.90 Å². The van der Waals surface area contributed by atoms with E-state index in [0.29, 0.717) is 0 Å². The van der Waals surface area contributed by atoms with Gasteiger partial charge in [-0.15, -0.1) is 0 Å². The first-order chi connectivity index (χ1) is 6.99. The molecule has 96 valence electrons. The normalized spacial score (nSPS) is 17.0. The van der Waals surface area contributed by atoms with Gasteiger partial charge in [-0.3, -0.25) is 4.79 Å². The molecule has 0 aliphatic carbocycles. The lowest BCUT2D eigenvalue weighted by Gasteiger charge is -2.34. The number of carbonyl (C=O) groups is 1. The van der Waals surface area contributed by atoms with Gasteiger partial charge in [0, 0.05) is 17.5 Å². The zero-order valence-corrected chi connectivity index (χ0v) is 11.3. The first kappa shape index (κ1) is 15.6. The predicted octanol–water partition coefficient (Wildman–Crippen LogP) is 0.678. The lowest BCUT2D eigenvalue weighted by molar-refractivity contribution is -0.131. The van der Waals surface area contributed by atoms with Gasteiger partial charge in [0.05, 0.1) is 12.1 Å². The van der Waals surface area contributed by atoms with Crippen LogP contribution in [0.25, 0.3) is 0 Å². The van der Waals surface area contributed by atoms with Crippen LogP contribution in [0.5, 0.6) is 0 Å². The smallest absolute Gasteiger partial charge is 0.157 e. The van der Waals surface area contributed by atoms with Gasteiger partial charge in [0.15, 0.2) is 5.78 Å². The van der Waals surface area contributed by atoms with Crippen molar-refractivity contribution in [3.8, 4) is 0 Å². The number of nitrogens with two attached hydrogens (primary N) is 1. The molecule has 4 heteroatoms. The van der Waals surface area contributed by atoms with E-state index in [1.54, 1.807) is 0 Å². The van der Waals surface area contributed by atoms with Crippen molar-refractivity contribution in [2.45, 2.75) is 59.2 Å². The summed E-state index contributed by atoms with van der Waals surface area (Å²) in [5.41, 5.74) is 4.71. The van der Waals surface area contributed by atoms with Crippen LogP contribution in [0.2, 0.25) is 0 Å². The number of nitrogens with one attached hydrogen (secondary N) is 1. The monoisotopic (exact) mass is 230 g/mol. The number of ketones is 1. The van der Waals surface area contributed by atoms with Crippen LogP contribution in [0.3, 0.4) is 0 Å². The highest BCUT2D eigenvalue weighted by Crippen LogP contribution is 2.19. The zero-order chi connectivity index (χ0) is 13.1. The van der Waals surface area contributed by atoms with E-state index in [4.69, 9.17) is 5.73 Å². The molecule has 0 fully saturated rings. The summed E-state index contributed by atoms with van der Waals surface area (Å²) >= 11 is 0. The van der Waals surface area contributed by atoms with Crippen LogP contribution in [-0.4, -0.2) is 35.1 Å². The lowest BCUT2D eigenvalue weighted by Crippen LogP contribution is -2.58. The molecule has 0 aromatic heterocycles. The molecular weight excluding hydrogens is 204 g/mol. The molecule has 4 N–H and O–H groups in total. The van der Waals surface area contributed by atoms with Crippen LogP contribution in [-0.2, 0) is 4.79 Å². The minimum absolute atomic E-state index is 0.0135. The number of rotatable bonds is 4. The maximum absolute atomic E-state index is 12.2. The Hall–Kier alpha value is -0.450. The molecule has 0 aliphatic heterocycles. The van der Waals surface area contributed by atoms with E-state index in [-0.39, 0.29) is 17.9 Å². The summed E-state index contributed by atoms with van der Waals surface area (Å²) in [5.74, 6) is -0.0135. The number of Topliss-reactive ketones (excluding diaryl/α,β-unsaturated/α-hetero) is 1. The van der Waals surface area contributed by atoms with Gasteiger partial charge in [-0.1, -0.05) is 20.8 Å². The van der Waals surface area contributed by atoms with Crippen LogP contribution in [0.4, 0.5) is 0 Å². The molecule has 0 aliphatic rings. The summed E-state index contributed by atoms with van der Waals surface area (Å²) in [7, 11) is 0.